The summed E-state index contributed by atoms with van der Waals surface area (Å²) in [7, 11) is 0. The molecule has 25 heavy (non-hydrogen) atoms. The smallest absolute Gasteiger partial charge is 0.339 e. The molecule has 1 aromatic rings. The number of aliphatic carboxylic acids is 1. The quantitative estimate of drug-likeness (QED) is 0.468. The van der Waals surface area contributed by atoms with E-state index in [2.05, 4.69) is 11.6 Å². The molecule has 0 atom stereocenters. The highest BCUT2D eigenvalue weighted by Crippen LogP contribution is 2.42. The Kier molecular flexibility index (Phi) is 6.13. The van der Waals surface area contributed by atoms with Crippen molar-refractivity contribution < 1.29 is 19.4 Å². The number of esters is 1. The standard InChI is InChI=1S/C18H19NO4S2/c1-11-18(3,4)19-17(25-11)24-10-13-7-5-6-8-14(13)15(16(21)22)9-23-12(2)20/h5-9H,1,10H2,2-4H3,(H,21,22)/b15-9+. The first-order chi connectivity index (χ1) is 11.7. The molecule has 0 bridgehead atoms. The van der Waals surface area contributed by atoms with E-state index in [-0.39, 0.29) is 11.1 Å². The van der Waals surface area contributed by atoms with Gasteiger partial charge in [0.05, 0.1) is 5.54 Å². The van der Waals surface area contributed by atoms with Crippen molar-refractivity contribution in [3.8, 4) is 0 Å². The highest BCUT2D eigenvalue weighted by atomic mass is 32.2. The van der Waals surface area contributed by atoms with Crippen LogP contribution in [0.3, 0.4) is 0 Å². The van der Waals surface area contributed by atoms with Crippen molar-refractivity contribution in [2.24, 2.45) is 4.99 Å². The van der Waals surface area contributed by atoms with E-state index < -0.39 is 11.9 Å². The van der Waals surface area contributed by atoms with E-state index in [9.17, 15) is 14.7 Å². The molecule has 1 heterocycles. The van der Waals surface area contributed by atoms with Crippen LogP contribution in [0.5, 0.6) is 0 Å². The van der Waals surface area contributed by atoms with Gasteiger partial charge >= 0.3 is 11.9 Å². The fraction of sp³-hybridized carbons (Fsp3) is 0.278. The van der Waals surface area contributed by atoms with Crippen LogP contribution in [0.4, 0.5) is 0 Å². The van der Waals surface area contributed by atoms with E-state index >= 15 is 0 Å². The number of nitrogens with zero attached hydrogens (tertiary/aromatic N) is 1. The second-order valence-corrected chi connectivity index (χ2v) is 8.16. The van der Waals surface area contributed by atoms with E-state index in [0.29, 0.717) is 11.3 Å². The molecule has 0 aliphatic carbocycles. The molecule has 0 radical (unpaired) electrons. The van der Waals surface area contributed by atoms with Crippen LogP contribution in [0.15, 0.2) is 47.0 Å². The fourth-order valence-corrected chi connectivity index (χ4v) is 4.34. The van der Waals surface area contributed by atoms with E-state index in [4.69, 9.17) is 4.74 Å². The molecule has 1 aliphatic rings. The number of aliphatic imine (C=N–C) groups is 1. The van der Waals surface area contributed by atoms with Gasteiger partial charge in [-0.05, 0) is 25.0 Å². The molecule has 0 spiro atoms. The zero-order chi connectivity index (χ0) is 18.6. The number of ether oxygens (including phenoxy) is 1. The third-order valence-corrected chi connectivity index (χ3v) is 5.90. The molecule has 0 saturated heterocycles. The van der Waals surface area contributed by atoms with Crippen LogP contribution in [-0.2, 0) is 20.1 Å². The van der Waals surface area contributed by atoms with Crippen LogP contribution < -0.4 is 0 Å². The van der Waals surface area contributed by atoms with Gasteiger partial charge in [0.25, 0.3) is 0 Å². The summed E-state index contributed by atoms with van der Waals surface area (Å²) in [5, 5.41) is 9.44. The number of carboxylic acids is 1. The van der Waals surface area contributed by atoms with Crippen LogP contribution in [0.25, 0.3) is 5.57 Å². The average Bonchev–Trinajstić information content (AvgIpc) is 2.78. The Morgan fingerprint density at radius 2 is 2.08 bits per heavy atom. The maximum absolute atomic E-state index is 11.5. The van der Waals surface area contributed by atoms with Crippen LogP contribution in [0.2, 0.25) is 0 Å². The molecule has 0 saturated carbocycles. The molecule has 1 aromatic carbocycles. The van der Waals surface area contributed by atoms with Gasteiger partial charge in [-0.3, -0.25) is 9.79 Å². The van der Waals surface area contributed by atoms with Gasteiger partial charge in [-0.15, -0.1) is 0 Å². The van der Waals surface area contributed by atoms with Gasteiger partial charge < -0.3 is 9.84 Å². The minimum Gasteiger partial charge on any atom is -0.478 e. The van der Waals surface area contributed by atoms with Crippen molar-refractivity contribution in [3.05, 3.63) is 53.1 Å². The Labute approximate surface area is 155 Å². The third kappa shape index (κ3) is 4.99. The molecular weight excluding hydrogens is 358 g/mol. The third-order valence-electron chi connectivity index (χ3n) is 3.50. The van der Waals surface area contributed by atoms with Crippen molar-refractivity contribution >= 4 is 45.4 Å². The summed E-state index contributed by atoms with van der Waals surface area (Å²) < 4.78 is 5.67. The van der Waals surface area contributed by atoms with E-state index in [1.807, 2.05) is 26.0 Å². The van der Waals surface area contributed by atoms with Gasteiger partial charge in [-0.1, -0.05) is 54.4 Å². The van der Waals surface area contributed by atoms with Crippen LogP contribution in [-0.4, -0.2) is 27.0 Å². The van der Waals surface area contributed by atoms with Crippen molar-refractivity contribution in [2.75, 3.05) is 0 Å². The lowest BCUT2D eigenvalue weighted by Gasteiger charge is -2.12. The number of carbonyl (C=O) groups excluding carboxylic acids is 1. The molecular formula is C18H19NO4S2. The second-order valence-electron chi connectivity index (χ2n) is 5.85. The molecule has 0 amide bonds. The zero-order valence-electron chi connectivity index (χ0n) is 14.2. The summed E-state index contributed by atoms with van der Waals surface area (Å²) in [5.74, 6) is -1.17. The van der Waals surface area contributed by atoms with Crippen molar-refractivity contribution in [1.29, 1.82) is 0 Å². The van der Waals surface area contributed by atoms with Gasteiger partial charge in [0.15, 0.2) is 0 Å². The Morgan fingerprint density at radius 1 is 1.40 bits per heavy atom. The first kappa shape index (κ1) is 19.3. The molecule has 1 aliphatic heterocycles. The van der Waals surface area contributed by atoms with Crippen molar-refractivity contribution in [3.63, 3.8) is 0 Å². The molecule has 0 fully saturated rings. The van der Waals surface area contributed by atoms with Gasteiger partial charge in [0, 0.05) is 17.6 Å². The lowest BCUT2D eigenvalue weighted by molar-refractivity contribution is -0.135. The highest BCUT2D eigenvalue weighted by molar-refractivity contribution is 8.40. The molecule has 1 N–H and O–H groups in total. The SMILES string of the molecule is C=C1SC(SCc2ccccc2/C(=C\OC(C)=O)C(=O)O)=NC1(C)C. The maximum Gasteiger partial charge on any atom is 0.339 e. The number of hydrogen-bond donors (Lipinski definition) is 1. The number of benzene rings is 1. The number of thioether (sulfide) groups is 2. The van der Waals surface area contributed by atoms with Gasteiger partial charge in [-0.2, -0.15) is 0 Å². The second kappa shape index (κ2) is 7.93. The first-order valence-corrected chi connectivity index (χ1v) is 9.30. The van der Waals surface area contributed by atoms with E-state index in [1.54, 1.807) is 23.9 Å². The highest BCUT2D eigenvalue weighted by Gasteiger charge is 2.30. The Hall–Kier alpha value is -1.99. The number of rotatable bonds is 5. The first-order valence-electron chi connectivity index (χ1n) is 7.49. The minimum atomic E-state index is -1.15. The minimum absolute atomic E-state index is 0.0582. The molecule has 0 unspecified atom stereocenters. The fourth-order valence-electron chi connectivity index (χ4n) is 2.02. The van der Waals surface area contributed by atoms with Gasteiger partial charge in [0.1, 0.15) is 16.2 Å². The summed E-state index contributed by atoms with van der Waals surface area (Å²) in [5.41, 5.74) is 1.00. The lowest BCUT2D eigenvalue weighted by atomic mass is 10.0. The van der Waals surface area contributed by atoms with E-state index in [1.165, 1.54) is 18.7 Å². The Bertz CT molecular complexity index is 781. The van der Waals surface area contributed by atoms with Gasteiger partial charge in [0.2, 0.25) is 0 Å². The molecule has 2 rings (SSSR count). The largest absolute Gasteiger partial charge is 0.478 e. The molecule has 0 aromatic heterocycles. The average molecular weight is 377 g/mol. The van der Waals surface area contributed by atoms with Crippen LogP contribution in [0, 0.1) is 0 Å². The van der Waals surface area contributed by atoms with Crippen LogP contribution in [0.1, 0.15) is 31.9 Å². The van der Waals surface area contributed by atoms with Crippen molar-refractivity contribution in [1.82, 2.24) is 0 Å². The number of hydrogen-bond acceptors (Lipinski definition) is 6. The summed E-state index contributed by atoms with van der Waals surface area (Å²) in [6, 6.07) is 7.15. The zero-order valence-corrected chi connectivity index (χ0v) is 15.9. The number of carboxylic acid groups (broad SMARTS) is 1. The summed E-state index contributed by atoms with van der Waals surface area (Å²) in [6.07, 6.45) is 0.987. The Balaban J connectivity index is 2.23. The molecule has 7 heteroatoms. The summed E-state index contributed by atoms with van der Waals surface area (Å²) >= 11 is 3.08. The summed E-state index contributed by atoms with van der Waals surface area (Å²) in [4.78, 5) is 28.2. The topological polar surface area (TPSA) is 76.0 Å². The van der Waals surface area contributed by atoms with Crippen molar-refractivity contribution in [2.45, 2.75) is 32.1 Å². The maximum atomic E-state index is 11.5. The predicted molar refractivity (Wildman–Crippen MR) is 103 cm³/mol. The normalized spacial score (nSPS) is 16.5. The number of carbonyl (C=O) groups is 2. The molecule has 132 valence electrons. The monoisotopic (exact) mass is 377 g/mol. The van der Waals surface area contributed by atoms with Crippen LogP contribution >= 0.6 is 23.5 Å². The predicted octanol–water partition coefficient (Wildman–Crippen LogP) is 4.30. The van der Waals surface area contributed by atoms with E-state index in [0.717, 1.165) is 21.1 Å². The Morgan fingerprint density at radius 3 is 2.64 bits per heavy atom. The lowest BCUT2D eigenvalue weighted by Crippen LogP contribution is -2.12. The summed E-state index contributed by atoms with van der Waals surface area (Å²) in [6.45, 7) is 9.26. The van der Waals surface area contributed by atoms with Gasteiger partial charge in [-0.25, -0.2) is 4.79 Å². The molecule has 5 nitrogen and oxygen atoms in total.